The van der Waals surface area contributed by atoms with E-state index in [-0.39, 0.29) is 5.91 Å². The highest BCUT2D eigenvalue weighted by Gasteiger charge is 2.05. The van der Waals surface area contributed by atoms with Gasteiger partial charge in [0, 0.05) is 25.2 Å². The summed E-state index contributed by atoms with van der Waals surface area (Å²) in [5, 5.41) is 6.32. The lowest BCUT2D eigenvalue weighted by Gasteiger charge is -2.08. The topological polar surface area (TPSA) is 41.1 Å². The van der Waals surface area contributed by atoms with Crippen LogP contribution >= 0.6 is 0 Å². The molecule has 0 saturated carbocycles. The minimum absolute atomic E-state index is 0.00207. The molecular weight excluding hydrogens is 272 g/mol. The van der Waals surface area contributed by atoms with Gasteiger partial charge in [-0.05, 0) is 36.6 Å². The first kappa shape index (κ1) is 16.2. The quantitative estimate of drug-likeness (QED) is 0.822. The predicted octanol–water partition coefficient (Wildman–Crippen LogP) is 3.42. The van der Waals surface area contributed by atoms with Crippen molar-refractivity contribution in [1.82, 2.24) is 10.6 Å². The molecule has 0 saturated heterocycles. The molecule has 2 rings (SSSR count). The van der Waals surface area contributed by atoms with Crippen LogP contribution < -0.4 is 10.6 Å². The maximum Gasteiger partial charge on any atom is 0.251 e. The number of hydrogen-bond donors (Lipinski definition) is 2. The smallest absolute Gasteiger partial charge is 0.251 e. The van der Waals surface area contributed by atoms with Gasteiger partial charge in [-0.3, -0.25) is 4.79 Å². The molecule has 0 bridgehead atoms. The Balaban J connectivity index is 1.87. The van der Waals surface area contributed by atoms with Crippen LogP contribution in [-0.2, 0) is 13.1 Å². The van der Waals surface area contributed by atoms with Crippen LogP contribution in [0.3, 0.4) is 0 Å². The molecule has 0 aliphatic carbocycles. The molecule has 2 N–H and O–H groups in total. The number of hydrogen-bond acceptors (Lipinski definition) is 2. The van der Waals surface area contributed by atoms with Crippen LogP contribution in [0.4, 0.5) is 0 Å². The standard InChI is InChI=1S/C19H24N2O/c1-3-11-21-19(22)18-6-4-5-17(12-18)14-20-13-16-9-7-15(2)8-10-16/h4-10,12,20H,3,11,13-14H2,1-2H3,(H,21,22). The molecule has 0 aromatic heterocycles. The third-order valence-corrected chi connectivity index (χ3v) is 3.50. The molecule has 0 heterocycles. The van der Waals surface area contributed by atoms with Crippen LogP contribution in [0.5, 0.6) is 0 Å². The summed E-state index contributed by atoms with van der Waals surface area (Å²) in [4.78, 5) is 12.0. The lowest BCUT2D eigenvalue weighted by Crippen LogP contribution is -2.24. The zero-order chi connectivity index (χ0) is 15.8. The Hall–Kier alpha value is -2.13. The van der Waals surface area contributed by atoms with E-state index in [1.165, 1.54) is 11.1 Å². The summed E-state index contributed by atoms with van der Waals surface area (Å²) >= 11 is 0. The molecule has 3 heteroatoms. The fourth-order valence-electron chi connectivity index (χ4n) is 2.22. The first-order chi connectivity index (χ1) is 10.7. The first-order valence-electron chi connectivity index (χ1n) is 7.82. The second-order valence-electron chi connectivity index (χ2n) is 5.55. The van der Waals surface area contributed by atoms with Crippen LogP contribution in [0.15, 0.2) is 48.5 Å². The van der Waals surface area contributed by atoms with Crippen molar-refractivity contribution in [2.45, 2.75) is 33.4 Å². The van der Waals surface area contributed by atoms with Crippen LogP contribution in [0.1, 0.15) is 40.4 Å². The van der Waals surface area contributed by atoms with E-state index in [1.807, 2.05) is 31.2 Å². The third kappa shape index (κ3) is 5.01. The van der Waals surface area contributed by atoms with Gasteiger partial charge in [-0.1, -0.05) is 48.9 Å². The van der Waals surface area contributed by atoms with Gasteiger partial charge in [-0.2, -0.15) is 0 Å². The number of aryl methyl sites for hydroxylation is 1. The molecule has 0 radical (unpaired) electrons. The van der Waals surface area contributed by atoms with Gasteiger partial charge in [0.15, 0.2) is 0 Å². The molecule has 0 spiro atoms. The predicted molar refractivity (Wildman–Crippen MR) is 90.8 cm³/mol. The Kier molecular flexibility index (Phi) is 6.16. The fourth-order valence-corrected chi connectivity index (χ4v) is 2.22. The maximum absolute atomic E-state index is 12.0. The second-order valence-corrected chi connectivity index (χ2v) is 5.55. The van der Waals surface area contributed by atoms with Crippen molar-refractivity contribution in [3.8, 4) is 0 Å². The first-order valence-corrected chi connectivity index (χ1v) is 7.82. The van der Waals surface area contributed by atoms with Gasteiger partial charge >= 0.3 is 0 Å². The second kappa shape index (κ2) is 8.35. The van der Waals surface area contributed by atoms with Crippen LogP contribution in [0.25, 0.3) is 0 Å². The van der Waals surface area contributed by atoms with Crippen molar-refractivity contribution in [1.29, 1.82) is 0 Å². The van der Waals surface area contributed by atoms with Crippen molar-refractivity contribution in [3.05, 3.63) is 70.8 Å². The van der Waals surface area contributed by atoms with Crippen LogP contribution in [-0.4, -0.2) is 12.5 Å². The molecule has 0 fully saturated rings. The number of nitrogens with one attached hydrogen (secondary N) is 2. The summed E-state index contributed by atoms with van der Waals surface area (Å²) in [5.74, 6) is 0.00207. The Morgan fingerprint density at radius 1 is 1.00 bits per heavy atom. The summed E-state index contributed by atoms with van der Waals surface area (Å²) in [6.07, 6.45) is 0.948. The Labute approximate surface area is 132 Å². The van der Waals surface area contributed by atoms with Gasteiger partial charge in [-0.15, -0.1) is 0 Å². The summed E-state index contributed by atoms with van der Waals surface area (Å²) < 4.78 is 0. The van der Waals surface area contributed by atoms with Crippen LogP contribution in [0.2, 0.25) is 0 Å². The molecular formula is C19H24N2O. The average Bonchev–Trinajstić information content (AvgIpc) is 2.55. The maximum atomic E-state index is 12.0. The lowest BCUT2D eigenvalue weighted by atomic mass is 10.1. The van der Waals surface area contributed by atoms with Gasteiger partial charge < -0.3 is 10.6 Å². The third-order valence-electron chi connectivity index (χ3n) is 3.50. The minimum Gasteiger partial charge on any atom is -0.352 e. The molecule has 116 valence electrons. The molecule has 0 aliphatic rings. The highest BCUT2D eigenvalue weighted by molar-refractivity contribution is 5.94. The van der Waals surface area contributed by atoms with E-state index in [0.29, 0.717) is 6.54 Å². The van der Waals surface area contributed by atoms with Crippen molar-refractivity contribution < 1.29 is 4.79 Å². The number of carbonyl (C=O) groups is 1. The number of benzene rings is 2. The van der Waals surface area contributed by atoms with E-state index < -0.39 is 0 Å². The lowest BCUT2D eigenvalue weighted by molar-refractivity contribution is 0.0953. The molecule has 22 heavy (non-hydrogen) atoms. The van der Waals surface area contributed by atoms with Crippen molar-refractivity contribution in [2.75, 3.05) is 6.54 Å². The summed E-state index contributed by atoms with van der Waals surface area (Å²) in [5.41, 5.74) is 4.39. The van der Waals surface area contributed by atoms with E-state index in [4.69, 9.17) is 0 Å². The number of carbonyl (C=O) groups excluding carboxylic acids is 1. The molecule has 1 amide bonds. The SMILES string of the molecule is CCCNC(=O)c1cccc(CNCc2ccc(C)cc2)c1. The van der Waals surface area contributed by atoms with Crippen molar-refractivity contribution >= 4 is 5.91 Å². The van der Waals surface area contributed by atoms with Gasteiger partial charge in [0.05, 0.1) is 0 Å². The Morgan fingerprint density at radius 2 is 1.73 bits per heavy atom. The fraction of sp³-hybridized carbons (Fsp3) is 0.316. The van der Waals surface area contributed by atoms with Gasteiger partial charge in [0.1, 0.15) is 0 Å². The summed E-state index contributed by atoms with van der Waals surface area (Å²) in [6, 6.07) is 16.3. The minimum atomic E-state index is 0.00207. The van der Waals surface area contributed by atoms with Crippen LogP contribution in [0, 0.1) is 6.92 Å². The highest BCUT2D eigenvalue weighted by Crippen LogP contribution is 2.07. The largest absolute Gasteiger partial charge is 0.352 e. The Morgan fingerprint density at radius 3 is 2.45 bits per heavy atom. The number of rotatable bonds is 7. The number of amides is 1. The monoisotopic (exact) mass is 296 g/mol. The van der Waals surface area contributed by atoms with Gasteiger partial charge in [0.25, 0.3) is 5.91 Å². The molecule has 3 nitrogen and oxygen atoms in total. The molecule has 0 atom stereocenters. The molecule has 0 aliphatic heterocycles. The summed E-state index contributed by atoms with van der Waals surface area (Å²) in [7, 11) is 0. The molecule has 2 aromatic rings. The summed E-state index contributed by atoms with van der Waals surface area (Å²) in [6.45, 7) is 6.43. The Bertz CT molecular complexity index is 605. The van der Waals surface area contributed by atoms with Crippen molar-refractivity contribution in [3.63, 3.8) is 0 Å². The van der Waals surface area contributed by atoms with Gasteiger partial charge in [0.2, 0.25) is 0 Å². The average molecular weight is 296 g/mol. The highest BCUT2D eigenvalue weighted by atomic mass is 16.1. The van der Waals surface area contributed by atoms with Gasteiger partial charge in [-0.25, -0.2) is 0 Å². The van der Waals surface area contributed by atoms with E-state index in [9.17, 15) is 4.79 Å². The molecule has 2 aromatic carbocycles. The van der Waals surface area contributed by atoms with E-state index in [0.717, 1.165) is 30.6 Å². The zero-order valence-corrected chi connectivity index (χ0v) is 13.4. The zero-order valence-electron chi connectivity index (χ0n) is 13.4. The van der Waals surface area contributed by atoms with E-state index in [1.54, 1.807) is 0 Å². The molecule has 0 unspecified atom stereocenters. The van der Waals surface area contributed by atoms with E-state index >= 15 is 0 Å². The normalized spacial score (nSPS) is 10.5. The van der Waals surface area contributed by atoms with E-state index in [2.05, 4.69) is 41.8 Å². The van der Waals surface area contributed by atoms with Crippen molar-refractivity contribution in [2.24, 2.45) is 0 Å².